The number of carbonyl (C=O) groups excluding carboxylic acids is 2. The molecule has 0 spiro atoms. The minimum Gasteiger partial charge on any atom is -0.377 e. The van der Waals surface area contributed by atoms with Crippen LogP contribution in [0.1, 0.15) is 68.6 Å². The minimum atomic E-state index is -3.73. The van der Waals surface area contributed by atoms with E-state index in [4.69, 9.17) is 5.73 Å². The third-order valence-electron chi connectivity index (χ3n) is 9.99. The normalized spacial score (nSPS) is 17.4. The first-order valence-corrected chi connectivity index (χ1v) is 19.2. The minimum absolute atomic E-state index is 0.249. The number of nitrogens with one attached hydrogen (secondary N) is 3. The van der Waals surface area contributed by atoms with E-state index in [9.17, 15) is 18.0 Å². The second-order valence-electron chi connectivity index (χ2n) is 13.6. The van der Waals surface area contributed by atoms with Gasteiger partial charge in [0.1, 0.15) is 5.54 Å². The number of benzene rings is 3. The third kappa shape index (κ3) is 8.91. The number of piperazine rings is 1. The van der Waals surface area contributed by atoms with E-state index < -0.39 is 21.7 Å². The number of hydrogen-bond acceptors (Lipinski definition) is 8. The van der Waals surface area contributed by atoms with E-state index in [0.717, 1.165) is 68.7 Å². The summed E-state index contributed by atoms with van der Waals surface area (Å²) in [4.78, 5) is 34.1. The summed E-state index contributed by atoms with van der Waals surface area (Å²) in [5.74, 6) is -0.517. The monoisotopic (exact) mass is 691 g/mol. The molecule has 2 fully saturated rings. The molecule has 2 amide bonds. The predicted molar refractivity (Wildman–Crippen MR) is 197 cm³/mol. The smallest absolute Gasteiger partial charge is 0.252 e. The quantitative estimate of drug-likeness (QED) is 0.147. The van der Waals surface area contributed by atoms with Gasteiger partial charge < -0.3 is 31.1 Å². The van der Waals surface area contributed by atoms with Crippen LogP contribution in [-0.4, -0.2) is 90.2 Å². The van der Waals surface area contributed by atoms with Crippen molar-refractivity contribution in [1.29, 1.82) is 0 Å². The van der Waals surface area contributed by atoms with E-state index in [0.29, 0.717) is 43.1 Å². The van der Waals surface area contributed by atoms with Gasteiger partial charge in [0.25, 0.3) is 5.91 Å². The third-order valence-corrected chi connectivity index (χ3v) is 11.5. The van der Waals surface area contributed by atoms with Gasteiger partial charge in [-0.1, -0.05) is 50.5 Å². The van der Waals surface area contributed by atoms with Crippen molar-refractivity contribution in [3.63, 3.8) is 0 Å². The highest BCUT2D eigenvalue weighted by atomic mass is 32.2. The molecule has 266 valence electrons. The maximum absolute atomic E-state index is 13.6. The van der Waals surface area contributed by atoms with E-state index in [-0.39, 0.29) is 23.3 Å². The van der Waals surface area contributed by atoms with Crippen molar-refractivity contribution in [2.24, 2.45) is 5.73 Å². The molecule has 0 aromatic heterocycles. The number of fused-ring (bicyclic) bond motifs is 1. The maximum Gasteiger partial charge on any atom is 0.252 e. The molecule has 3 aromatic carbocycles. The van der Waals surface area contributed by atoms with Crippen LogP contribution in [0.3, 0.4) is 0 Å². The number of rotatable bonds is 14. The molecule has 1 heterocycles. The zero-order chi connectivity index (χ0) is 35.0. The largest absolute Gasteiger partial charge is 0.377 e. The molecule has 0 bridgehead atoms. The number of hydrogen-bond donors (Lipinski definition) is 4. The number of nitrogens with two attached hydrogens (primary N) is 1. The molecule has 11 nitrogen and oxygen atoms in total. The molecule has 1 saturated heterocycles. The number of carbonyl (C=O) groups is 2. The van der Waals surface area contributed by atoms with Crippen LogP contribution in [-0.2, 0) is 14.8 Å². The summed E-state index contributed by atoms with van der Waals surface area (Å²) in [6.07, 6.45) is 4.86. The Balaban J connectivity index is 1.11. The number of amides is 2. The van der Waals surface area contributed by atoms with Crippen molar-refractivity contribution in [1.82, 2.24) is 20.3 Å². The van der Waals surface area contributed by atoms with E-state index in [1.54, 1.807) is 12.1 Å². The number of anilines is 2. The number of nitrogens with zero attached hydrogens (tertiary/aromatic N) is 3. The highest BCUT2D eigenvalue weighted by molar-refractivity contribution is 7.89. The van der Waals surface area contributed by atoms with E-state index in [2.05, 4.69) is 32.1 Å². The van der Waals surface area contributed by atoms with Gasteiger partial charge in [-0.3, -0.25) is 9.59 Å². The summed E-state index contributed by atoms with van der Waals surface area (Å²) in [6, 6.07) is 18.6. The molecule has 5 rings (SSSR count). The van der Waals surface area contributed by atoms with Crippen LogP contribution in [0.5, 0.6) is 0 Å². The summed E-state index contributed by atoms with van der Waals surface area (Å²) in [7, 11) is 0.133. The molecule has 0 radical (unpaired) electrons. The predicted octanol–water partition coefficient (Wildman–Crippen LogP) is 4.03. The van der Waals surface area contributed by atoms with E-state index in [1.807, 2.05) is 67.5 Å². The van der Waals surface area contributed by atoms with Gasteiger partial charge in [0.2, 0.25) is 15.9 Å². The van der Waals surface area contributed by atoms with Gasteiger partial charge in [-0.05, 0) is 75.0 Å². The van der Waals surface area contributed by atoms with Crippen molar-refractivity contribution in [2.45, 2.75) is 74.9 Å². The van der Waals surface area contributed by atoms with Gasteiger partial charge >= 0.3 is 0 Å². The molecular formula is C37H53N7O4S. The average molecular weight is 692 g/mol. The summed E-state index contributed by atoms with van der Waals surface area (Å²) < 4.78 is 29.2. The molecule has 1 aliphatic heterocycles. The zero-order valence-corrected chi connectivity index (χ0v) is 30.0. The molecular weight excluding hydrogens is 639 g/mol. The molecule has 49 heavy (non-hydrogen) atoms. The van der Waals surface area contributed by atoms with Crippen LogP contribution >= 0.6 is 0 Å². The fourth-order valence-corrected chi connectivity index (χ4v) is 8.33. The zero-order valence-electron chi connectivity index (χ0n) is 29.2. The molecule has 3 aromatic rings. The maximum atomic E-state index is 13.6. The highest BCUT2D eigenvalue weighted by Crippen LogP contribution is 2.31. The first-order valence-electron chi connectivity index (χ1n) is 17.7. The fraction of sp³-hybridized carbons (Fsp3) is 0.514. The highest BCUT2D eigenvalue weighted by Gasteiger charge is 2.41. The Kier molecular flexibility index (Phi) is 12.2. The fourth-order valence-electron chi connectivity index (χ4n) is 7.04. The molecule has 1 saturated carbocycles. The lowest BCUT2D eigenvalue weighted by Gasteiger charge is -2.37. The van der Waals surface area contributed by atoms with Crippen LogP contribution in [0.4, 0.5) is 11.4 Å². The van der Waals surface area contributed by atoms with Gasteiger partial charge in [0.05, 0.1) is 11.1 Å². The second kappa shape index (κ2) is 16.3. The molecule has 5 N–H and O–H groups in total. The van der Waals surface area contributed by atoms with Crippen molar-refractivity contribution in [3.05, 3.63) is 66.2 Å². The topological polar surface area (TPSA) is 140 Å². The Bertz CT molecular complexity index is 1680. The Morgan fingerprint density at radius 1 is 0.898 bits per heavy atom. The Morgan fingerprint density at radius 2 is 1.57 bits per heavy atom. The van der Waals surface area contributed by atoms with Crippen LogP contribution < -0.4 is 30.9 Å². The van der Waals surface area contributed by atoms with Crippen molar-refractivity contribution >= 4 is 44.0 Å². The second-order valence-corrected chi connectivity index (χ2v) is 15.3. The van der Waals surface area contributed by atoms with Gasteiger partial charge in [-0.25, -0.2) is 13.1 Å². The number of unbranched alkanes of at least 4 members (excludes halogenated alkanes) is 1. The van der Waals surface area contributed by atoms with Crippen molar-refractivity contribution in [2.75, 3.05) is 63.2 Å². The van der Waals surface area contributed by atoms with E-state index >= 15 is 0 Å². The van der Waals surface area contributed by atoms with Crippen LogP contribution in [0.2, 0.25) is 0 Å². The average Bonchev–Trinajstić information content (AvgIpc) is 3.11. The van der Waals surface area contributed by atoms with E-state index in [1.165, 1.54) is 0 Å². The lowest BCUT2D eigenvalue weighted by molar-refractivity contribution is -0.129. The van der Waals surface area contributed by atoms with Crippen LogP contribution in [0.25, 0.3) is 10.8 Å². The summed E-state index contributed by atoms with van der Waals surface area (Å²) >= 11 is 0. The van der Waals surface area contributed by atoms with Gasteiger partial charge in [0.15, 0.2) is 0 Å². The lowest BCUT2D eigenvalue weighted by Crippen LogP contribution is -2.62. The summed E-state index contributed by atoms with van der Waals surface area (Å²) in [6.45, 7) is 7.47. The summed E-state index contributed by atoms with van der Waals surface area (Å²) in [5.41, 5.74) is 7.92. The Labute approximate surface area is 291 Å². The first kappa shape index (κ1) is 36.6. The number of sulfonamides is 1. The molecule has 1 aliphatic carbocycles. The van der Waals surface area contributed by atoms with Crippen molar-refractivity contribution < 1.29 is 18.0 Å². The SMILES string of the molecule is CCN1CCN(c2ccc(C(=O)NC3(C(=O)N[C@H](N)CCCCNS(=O)(=O)c4cccc5c(N(C)C)cccc45)CCCCC3)cc2)CC1. The molecule has 0 unspecified atom stereocenters. The summed E-state index contributed by atoms with van der Waals surface area (Å²) in [5, 5.41) is 7.58. The van der Waals surface area contributed by atoms with Gasteiger partial charge in [-0.2, -0.15) is 0 Å². The van der Waals surface area contributed by atoms with Crippen LogP contribution in [0, 0.1) is 0 Å². The van der Waals surface area contributed by atoms with Gasteiger partial charge in [-0.15, -0.1) is 0 Å². The Hall–Kier alpha value is -3.71. The molecule has 1 atom stereocenters. The Morgan fingerprint density at radius 3 is 2.24 bits per heavy atom. The number of likely N-dealkylation sites (N-methyl/N-ethyl adjacent to an activating group) is 1. The van der Waals surface area contributed by atoms with Gasteiger partial charge in [0, 0.05) is 74.5 Å². The van der Waals surface area contributed by atoms with Crippen LogP contribution in [0.15, 0.2) is 65.6 Å². The molecule has 2 aliphatic rings. The standard InChI is InChI=1S/C37H53N7O4S/c1-4-43-24-26-44(27-25-43)29-19-17-28(18-20-29)35(45)41-37(21-7-5-8-22-37)36(46)40-34(38)16-6-9-23-39-49(47,48)33-15-11-12-30-31(33)13-10-14-32(30)42(2)3/h10-15,17-20,34,39H,4-9,16,21-27,38H2,1-3H3,(H,40,46)(H,41,45)/t34-/m0/s1. The lowest BCUT2D eigenvalue weighted by atomic mass is 9.80. The molecule has 12 heteroatoms. The van der Waals surface area contributed by atoms with Crippen molar-refractivity contribution in [3.8, 4) is 0 Å². The first-order chi connectivity index (χ1) is 23.5.